The molecule has 0 atom stereocenters. The van der Waals surface area contributed by atoms with Gasteiger partial charge in [-0.3, -0.25) is 9.40 Å². The van der Waals surface area contributed by atoms with Crippen LogP contribution in [0.5, 0.6) is 0 Å². The fraction of sp³-hybridized carbons (Fsp3) is 0.444. The van der Waals surface area contributed by atoms with Gasteiger partial charge in [-0.15, -0.1) is 0 Å². The quantitative estimate of drug-likeness (QED) is 0.739. The summed E-state index contributed by atoms with van der Waals surface area (Å²) in [5.41, 5.74) is 0.825. The predicted molar refractivity (Wildman–Crippen MR) is 105 cm³/mol. The molecule has 2 N–H and O–H groups in total. The molecule has 1 fully saturated rings. The van der Waals surface area contributed by atoms with Crippen molar-refractivity contribution in [1.82, 2.24) is 14.7 Å². The second-order valence-electron chi connectivity index (χ2n) is 6.80. The lowest BCUT2D eigenvalue weighted by Gasteiger charge is -2.20. The lowest BCUT2D eigenvalue weighted by atomic mass is 10.2. The van der Waals surface area contributed by atoms with Crippen LogP contribution in [0.3, 0.4) is 0 Å². The molecule has 2 aromatic rings. The number of aromatic nitrogens is 2. The number of nitrogens with one attached hydrogen (secondary N) is 2. The third-order valence-corrected chi connectivity index (χ3v) is 5.86. The van der Waals surface area contributed by atoms with Gasteiger partial charge in [0.1, 0.15) is 11.4 Å². The number of nitrogens with zero attached hydrogens (tertiary/aromatic N) is 3. The SMILES string of the molecule is O=C(Nc1ccc(NS(=O)(=O)c2cnn(CC(F)F)c2)cc1)N1CCCCCC1. The molecule has 1 aliphatic heterocycles. The van der Waals surface area contributed by atoms with Crippen molar-refractivity contribution in [2.75, 3.05) is 23.1 Å². The Bertz CT molecular complexity index is 923. The van der Waals surface area contributed by atoms with E-state index in [1.165, 1.54) is 12.1 Å². The summed E-state index contributed by atoms with van der Waals surface area (Å²) in [6.45, 7) is 0.771. The maximum Gasteiger partial charge on any atom is 0.321 e. The number of amides is 2. The van der Waals surface area contributed by atoms with Gasteiger partial charge in [-0.2, -0.15) is 5.10 Å². The molecule has 29 heavy (non-hydrogen) atoms. The maximum atomic E-state index is 12.4. The number of urea groups is 1. The molecule has 0 saturated carbocycles. The van der Waals surface area contributed by atoms with Gasteiger partial charge in [-0.05, 0) is 37.1 Å². The second kappa shape index (κ2) is 9.21. The monoisotopic (exact) mass is 427 g/mol. The van der Waals surface area contributed by atoms with Gasteiger partial charge in [0, 0.05) is 30.7 Å². The van der Waals surface area contributed by atoms with E-state index in [-0.39, 0.29) is 16.6 Å². The average Bonchev–Trinajstić information content (AvgIpc) is 2.96. The van der Waals surface area contributed by atoms with Crippen LogP contribution < -0.4 is 10.0 Å². The number of carbonyl (C=O) groups is 1. The van der Waals surface area contributed by atoms with Crippen molar-refractivity contribution in [2.24, 2.45) is 0 Å². The Morgan fingerprint density at radius 3 is 2.31 bits per heavy atom. The first kappa shape index (κ1) is 21.0. The standard InChI is InChI=1S/C18H23F2N5O3S/c19-17(20)13-25-12-16(11-21-25)29(27,28)23-15-7-5-14(6-8-15)22-18(26)24-9-3-1-2-4-10-24/h5-8,11-12,17,23H,1-4,9-10,13H2,(H,22,26). The first-order chi connectivity index (χ1) is 13.8. The molecule has 0 radical (unpaired) electrons. The Hall–Kier alpha value is -2.69. The minimum Gasteiger partial charge on any atom is -0.325 e. The fourth-order valence-corrected chi connectivity index (χ4v) is 4.05. The molecule has 0 spiro atoms. The molecule has 0 unspecified atom stereocenters. The molecule has 2 amide bonds. The average molecular weight is 427 g/mol. The highest BCUT2D eigenvalue weighted by molar-refractivity contribution is 7.92. The summed E-state index contributed by atoms with van der Waals surface area (Å²) in [4.78, 5) is 13.9. The van der Waals surface area contributed by atoms with Crippen LogP contribution in [0.2, 0.25) is 0 Å². The molecule has 11 heteroatoms. The Kier molecular flexibility index (Phi) is 6.68. The van der Waals surface area contributed by atoms with Crippen LogP contribution in [0.15, 0.2) is 41.6 Å². The molecule has 2 heterocycles. The van der Waals surface area contributed by atoms with Gasteiger partial charge in [0.2, 0.25) is 0 Å². The zero-order chi connectivity index (χ0) is 20.9. The van der Waals surface area contributed by atoms with Crippen LogP contribution in [0.4, 0.5) is 25.0 Å². The van der Waals surface area contributed by atoms with E-state index in [0.29, 0.717) is 5.69 Å². The van der Waals surface area contributed by atoms with E-state index in [1.807, 2.05) is 0 Å². The van der Waals surface area contributed by atoms with Crippen molar-refractivity contribution in [3.8, 4) is 0 Å². The lowest BCUT2D eigenvalue weighted by Crippen LogP contribution is -2.35. The van der Waals surface area contributed by atoms with Crippen LogP contribution in [-0.2, 0) is 16.6 Å². The zero-order valence-electron chi connectivity index (χ0n) is 15.7. The van der Waals surface area contributed by atoms with Crippen LogP contribution in [0, 0.1) is 0 Å². The van der Waals surface area contributed by atoms with E-state index in [2.05, 4.69) is 15.1 Å². The van der Waals surface area contributed by atoms with Crippen molar-refractivity contribution in [1.29, 1.82) is 0 Å². The lowest BCUT2D eigenvalue weighted by molar-refractivity contribution is 0.121. The number of carbonyl (C=O) groups excluding carboxylic acids is 1. The highest BCUT2D eigenvalue weighted by Crippen LogP contribution is 2.19. The van der Waals surface area contributed by atoms with Gasteiger partial charge in [-0.25, -0.2) is 22.0 Å². The molecule has 8 nitrogen and oxygen atoms in total. The molecule has 1 aliphatic rings. The number of likely N-dealkylation sites (tertiary alicyclic amines) is 1. The number of benzene rings is 1. The van der Waals surface area contributed by atoms with Gasteiger partial charge in [0.15, 0.2) is 0 Å². The zero-order valence-corrected chi connectivity index (χ0v) is 16.5. The van der Waals surface area contributed by atoms with E-state index in [0.717, 1.165) is 55.8 Å². The van der Waals surface area contributed by atoms with E-state index in [9.17, 15) is 22.0 Å². The van der Waals surface area contributed by atoms with Crippen LogP contribution in [0.1, 0.15) is 25.7 Å². The number of rotatable bonds is 6. The maximum absolute atomic E-state index is 12.4. The summed E-state index contributed by atoms with van der Waals surface area (Å²) in [6.07, 6.45) is 3.66. The van der Waals surface area contributed by atoms with Crippen LogP contribution >= 0.6 is 0 Å². The molecule has 3 rings (SSSR count). The molecule has 1 saturated heterocycles. The van der Waals surface area contributed by atoms with Crippen molar-refractivity contribution in [2.45, 2.75) is 43.5 Å². The van der Waals surface area contributed by atoms with Crippen molar-refractivity contribution < 1.29 is 22.0 Å². The predicted octanol–water partition coefficient (Wildman–Crippen LogP) is 3.36. The molecule has 158 valence electrons. The number of anilines is 2. The molecule has 0 bridgehead atoms. The summed E-state index contributed by atoms with van der Waals surface area (Å²) in [7, 11) is -3.96. The van der Waals surface area contributed by atoms with E-state index in [4.69, 9.17) is 0 Å². The minimum atomic E-state index is -3.96. The summed E-state index contributed by atoms with van der Waals surface area (Å²) in [5, 5.41) is 6.44. The van der Waals surface area contributed by atoms with Crippen molar-refractivity contribution in [3.05, 3.63) is 36.7 Å². The fourth-order valence-electron chi connectivity index (χ4n) is 3.04. The van der Waals surface area contributed by atoms with Gasteiger partial charge in [0.25, 0.3) is 16.4 Å². The van der Waals surface area contributed by atoms with Gasteiger partial charge >= 0.3 is 6.03 Å². The summed E-state index contributed by atoms with van der Waals surface area (Å²) < 4.78 is 52.7. The first-order valence-electron chi connectivity index (χ1n) is 9.33. The van der Waals surface area contributed by atoms with Crippen molar-refractivity contribution in [3.63, 3.8) is 0 Å². The summed E-state index contributed by atoms with van der Waals surface area (Å²) in [5.74, 6) is 0. The molecule has 1 aromatic heterocycles. The topological polar surface area (TPSA) is 96.3 Å². The number of hydrogen-bond acceptors (Lipinski definition) is 4. The molecule has 1 aromatic carbocycles. The number of alkyl halides is 2. The number of sulfonamides is 1. The van der Waals surface area contributed by atoms with Crippen molar-refractivity contribution >= 4 is 27.4 Å². The van der Waals surface area contributed by atoms with E-state index >= 15 is 0 Å². The summed E-state index contributed by atoms with van der Waals surface area (Å²) >= 11 is 0. The highest BCUT2D eigenvalue weighted by atomic mass is 32.2. The molecule has 0 aliphatic carbocycles. The van der Waals surface area contributed by atoms with Gasteiger partial charge in [-0.1, -0.05) is 12.8 Å². The molecular weight excluding hydrogens is 404 g/mol. The van der Waals surface area contributed by atoms with Crippen LogP contribution in [0.25, 0.3) is 0 Å². The van der Waals surface area contributed by atoms with E-state index in [1.54, 1.807) is 17.0 Å². The Labute approximate surface area is 167 Å². The first-order valence-corrected chi connectivity index (χ1v) is 10.8. The molecular formula is C18H23F2N5O3S. The Balaban J connectivity index is 1.60. The smallest absolute Gasteiger partial charge is 0.321 e. The van der Waals surface area contributed by atoms with Crippen LogP contribution in [-0.4, -0.2) is 48.6 Å². The number of halogens is 2. The van der Waals surface area contributed by atoms with Gasteiger partial charge < -0.3 is 10.2 Å². The second-order valence-corrected chi connectivity index (χ2v) is 8.49. The Morgan fingerprint density at radius 2 is 1.69 bits per heavy atom. The number of hydrogen-bond donors (Lipinski definition) is 2. The summed E-state index contributed by atoms with van der Waals surface area (Å²) in [6, 6.07) is 6.03. The normalized spacial score (nSPS) is 15.2. The minimum absolute atomic E-state index is 0.174. The third kappa shape index (κ3) is 5.89. The van der Waals surface area contributed by atoms with E-state index < -0.39 is 23.0 Å². The Morgan fingerprint density at radius 1 is 1.07 bits per heavy atom. The van der Waals surface area contributed by atoms with Gasteiger partial charge in [0.05, 0.1) is 6.20 Å². The third-order valence-electron chi connectivity index (χ3n) is 4.53. The largest absolute Gasteiger partial charge is 0.325 e. The highest BCUT2D eigenvalue weighted by Gasteiger charge is 2.18.